The first kappa shape index (κ1) is 15.0. The van der Waals surface area contributed by atoms with Crippen molar-refractivity contribution in [2.45, 2.75) is 32.1 Å². The van der Waals surface area contributed by atoms with E-state index in [2.05, 4.69) is 9.03 Å². The van der Waals surface area contributed by atoms with Crippen LogP contribution in [0.2, 0.25) is 0 Å². The summed E-state index contributed by atoms with van der Waals surface area (Å²) in [5.74, 6) is 0. The zero-order valence-corrected chi connectivity index (χ0v) is 13.1. The van der Waals surface area contributed by atoms with Crippen LogP contribution in [-0.2, 0) is 11.2 Å². The summed E-state index contributed by atoms with van der Waals surface area (Å²) in [6.07, 6.45) is 3.87. The summed E-state index contributed by atoms with van der Waals surface area (Å²) in [6.45, 7) is 1.43. The Morgan fingerprint density at radius 3 is 3.09 bits per heavy atom. The Hall–Kier alpha value is -1.89. The van der Waals surface area contributed by atoms with E-state index in [0.29, 0.717) is 31.5 Å². The summed E-state index contributed by atoms with van der Waals surface area (Å²) in [7, 11) is 0. The van der Waals surface area contributed by atoms with E-state index in [1.54, 1.807) is 12.1 Å². The molecule has 2 N–H and O–H groups in total. The van der Waals surface area contributed by atoms with Crippen LogP contribution in [0.3, 0.4) is 0 Å². The largest absolute Gasteiger partial charge is 0.465 e. The van der Waals surface area contributed by atoms with Crippen LogP contribution in [0.25, 0.3) is 0 Å². The maximum atomic E-state index is 11.6. The molecule has 2 aliphatic rings. The lowest BCUT2D eigenvalue weighted by molar-refractivity contribution is -0.107. The van der Waals surface area contributed by atoms with Crippen molar-refractivity contribution in [2.75, 3.05) is 27.0 Å². The number of anilines is 3. The van der Waals surface area contributed by atoms with Crippen LogP contribution in [0, 0.1) is 0 Å². The Morgan fingerprint density at radius 1 is 1.45 bits per heavy atom. The average molecular weight is 321 g/mol. The van der Waals surface area contributed by atoms with Gasteiger partial charge in [0.1, 0.15) is 6.29 Å². The van der Waals surface area contributed by atoms with Crippen molar-refractivity contribution < 1.29 is 14.7 Å². The molecule has 118 valence electrons. The number of carbonyl (C=O) groups excluding carboxylic acids is 1. The minimum atomic E-state index is -0.948. The van der Waals surface area contributed by atoms with E-state index >= 15 is 0 Å². The molecule has 2 heterocycles. The summed E-state index contributed by atoms with van der Waals surface area (Å²) < 4.78 is 5.50. The van der Waals surface area contributed by atoms with E-state index < -0.39 is 6.09 Å². The monoisotopic (exact) mass is 321 g/mol. The molecule has 0 atom stereocenters. The van der Waals surface area contributed by atoms with Gasteiger partial charge < -0.3 is 14.6 Å². The number of hydrogen-bond donors (Lipinski definition) is 2. The Morgan fingerprint density at radius 2 is 2.32 bits per heavy atom. The first-order chi connectivity index (χ1) is 10.7. The molecule has 3 rings (SSSR count). The van der Waals surface area contributed by atoms with Crippen molar-refractivity contribution in [3.05, 3.63) is 17.7 Å². The minimum Gasteiger partial charge on any atom is -0.465 e. The number of benzene rings is 1. The Bertz CT molecular complexity index is 594. The van der Waals surface area contributed by atoms with Crippen molar-refractivity contribution in [1.82, 2.24) is 0 Å². The summed E-state index contributed by atoms with van der Waals surface area (Å²) in [6, 6.07) is 3.90. The predicted octanol–water partition coefficient (Wildman–Crippen LogP) is 3.28. The molecule has 0 bridgehead atoms. The molecule has 2 aliphatic heterocycles. The highest BCUT2D eigenvalue weighted by Gasteiger charge is 2.28. The molecule has 0 unspecified atom stereocenters. The minimum absolute atomic E-state index is 0.415. The number of aryl methyl sites for hydroxylation is 1. The second kappa shape index (κ2) is 6.48. The maximum absolute atomic E-state index is 11.6. The molecule has 0 saturated carbocycles. The third-order valence-electron chi connectivity index (χ3n) is 3.99. The van der Waals surface area contributed by atoms with E-state index in [1.165, 1.54) is 16.2 Å². The number of amides is 1. The van der Waals surface area contributed by atoms with Gasteiger partial charge in [-0.15, -0.1) is 0 Å². The fraction of sp³-hybridized carbons (Fsp3) is 0.467. The summed E-state index contributed by atoms with van der Waals surface area (Å²) in [5.41, 5.74) is 4.11. The fourth-order valence-corrected chi connectivity index (χ4v) is 3.84. The van der Waals surface area contributed by atoms with Gasteiger partial charge in [-0.05, 0) is 43.4 Å². The van der Waals surface area contributed by atoms with Gasteiger partial charge in [-0.2, -0.15) is 0 Å². The van der Waals surface area contributed by atoms with E-state index in [0.717, 1.165) is 31.4 Å². The Kier molecular flexibility index (Phi) is 4.42. The van der Waals surface area contributed by atoms with Crippen LogP contribution in [-0.4, -0.2) is 30.6 Å². The molecule has 1 aromatic rings. The van der Waals surface area contributed by atoms with Gasteiger partial charge in [0.2, 0.25) is 0 Å². The molecule has 0 spiro atoms. The highest BCUT2D eigenvalue weighted by atomic mass is 32.2. The number of nitrogens with zero attached hydrogens (tertiary/aromatic N) is 2. The molecule has 0 fully saturated rings. The summed E-state index contributed by atoms with van der Waals surface area (Å²) in [4.78, 5) is 23.3. The number of nitrogens with one attached hydrogen (secondary N) is 1. The molecule has 7 heteroatoms. The van der Waals surface area contributed by atoms with E-state index in [9.17, 15) is 14.7 Å². The Balaban J connectivity index is 1.83. The van der Waals surface area contributed by atoms with Gasteiger partial charge in [-0.3, -0.25) is 9.21 Å². The Labute approximate surface area is 133 Å². The van der Waals surface area contributed by atoms with Gasteiger partial charge in [0, 0.05) is 25.2 Å². The first-order valence-electron chi connectivity index (χ1n) is 7.52. The van der Waals surface area contributed by atoms with Gasteiger partial charge in [0.25, 0.3) is 0 Å². The first-order valence-corrected chi connectivity index (χ1v) is 8.29. The predicted molar refractivity (Wildman–Crippen MR) is 88.6 cm³/mol. The van der Waals surface area contributed by atoms with Crippen LogP contribution in [0.15, 0.2) is 12.1 Å². The molecule has 0 aromatic heterocycles. The van der Waals surface area contributed by atoms with E-state index in [-0.39, 0.29) is 0 Å². The number of rotatable bonds is 6. The maximum Gasteiger partial charge on any atom is 0.411 e. The molecule has 6 nitrogen and oxygen atoms in total. The van der Waals surface area contributed by atoms with Crippen LogP contribution in [0.5, 0.6) is 0 Å². The standard InChI is InChI=1S/C15H19N3O3S/c19-8-3-1-2-6-17(15(20)21)12-9-11-5-4-7-18-14(11)13(10-12)16-22-18/h8-10,16H,1-7H2,(H,20,21). The van der Waals surface area contributed by atoms with Crippen LogP contribution in [0.4, 0.5) is 21.9 Å². The van der Waals surface area contributed by atoms with Gasteiger partial charge >= 0.3 is 6.09 Å². The molecule has 0 radical (unpaired) electrons. The number of hydrogen-bond acceptors (Lipinski definition) is 5. The van der Waals surface area contributed by atoms with Gasteiger partial charge in [0.15, 0.2) is 0 Å². The van der Waals surface area contributed by atoms with Crippen LogP contribution < -0.4 is 13.9 Å². The molecule has 1 aromatic carbocycles. The highest BCUT2D eigenvalue weighted by Crippen LogP contribution is 2.46. The van der Waals surface area contributed by atoms with Gasteiger partial charge in [0.05, 0.1) is 23.5 Å². The molecule has 1 amide bonds. The second-order valence-electron chi connectivity index (χ2n) is 5.50. The van der Waals surface area contributed by atoms with Crippen molar-refractivity contribution in [1.29, 1.82) is 0 Å². The molecule has 0 aliphatic carbocycles. The number of aldehydes is 1. The zero-order chi connectivity index (χ0) is 15.5. The lowest BCUT2D eigenvalue weighted by atomic mass is 10.0. The molecule has 22 heavy (non-hydrogen) atoms. The summed E-state index contributed by atoms with van der Waals surface area (Å²) in [5, 5.41) is 9.48. The van der Waals surface area contributed by atoms with Crippen molar-refractivity contribution >= 4 is 41.6 Å². The average Bonchev–Trinajstić information content (AvgIpc) is 2.92. The van der Waals surface area contributed by atoms with Crippen molar-refractivity contribution in [2.24, 2.45) is 0 Å². The third-order valence-corrected chi connectivity index (χ3v) is 4.89. The normalized spacial score (nSPS) is 15.2. The third kappa shape index (κ3) is 2.85. The SMILES string of the molecule is O=CCCCCN(C(=O)O)c1cc2c3c(c1)NSN3CCC2. The lowest BCUT2D eigenvalue weighted by Gasteiger charge is -2.26. The van der Waals surface area contributed by atoms with E-state index in [1.807, 2.05) is 12.1 Å². The number of carbonyl (C=O) groups is 2. The summed E-state index contributed by atoms with van der Waals surface area (Å²) >= 11 is 1.57. The lowest BCUT2D eigenvalue weighted by Crippen LogP contribution is -2.30. The van der Waals surface area contributed by atoms with Gasteiger partial charge in [-0.25, -0.2) is 4.79 Å². The number of unbranched alkanes of at least 4 members (excludes halogenated alkanes) is 2. The topological polar surface area (TPSA) is 72.9 Å². The van der Waals surface area contributed by atoms with E-state index in [4.69, 9.17) is 0 Å². The second-order valence-corrected chi connectivity index (χ2v) is 6.32. The van der Waals surface area contributed by atoms with Crippen LogP contribution >= 0.6 is 12.1 Å². The van der Waals surface area contributed by atoms with Crippen molar-refractivity contribution in [3.63, 3.8) is 0 Å². The quantitative estimate of drug-likeness (QED) is 0.476. The number of carboxylic acid groups (broad SMARTS) is 1. The van der Waals surface area contributed by atoms with Crippen molar-refractivity contribution in [3.8, 4) is 0 Å². The molecular formula is C15H19N3O3S. The molecule has 0 saturated heterocycles. The zero-order valence-electron chi connectivity index (χ0n) is 12.2. The smallest absolute Gasteiger partial charge is 0.411 e. The fourth-order valence-electron chi connectivity index (χ4n) is 2.95. The van der Waals surface area contributed by atoms with Gasteiger partial charge in [-0.1, -0.05) is 0 Å². The molecular weight excluding hydrogens is 302 g/mol. The van der Waals surface area contributed by atoms with Crippen LogP contribution in [0.1, 0.15) is 31.2 Å². The highest BCUT2D eigenvalue weighted by molar-refractivity contribution is 8.02.